The van der Waals surface area contributed by atoms with E-state index in [-0.39, 0.29) is 37.2 Å². The summed E-state index contributed by atoms with van der Waals surface area (Å²) in [5.41, 5.74) is 0.680. The molecule has 1 amide bonds. The van der Waals surface area contributed by atoms with Crippen molar-refractivity contribution in [1.29, 1.82) is 0 Å². The van der Waals surface area contributed by atoms with Crippen LogP contribution in [0, 0.1) is 0 Å². The molecule has 1 aromatic heterocycles. The van der Waals surface area contributed by atoms with Gasteiger partial charge in [-0.2, -0.15) is 8.42 Å². The number of benzene rings is 2. The highest BCUT2D eigenvalue weighted by atomic mass is 32.2. The standard InChI is InChI=1S/C27H33NO8S2/c1-4-34-26(29)12-13-28(2)27(30)25-17-21-16-23(22(33-3)18-24(21)37-25)35-14-8-9-15-36-38(31,32)19-20-10-6-5-7-11-20/h5-7,10-11,16-18H,4,8-9,12-15,19H2,1-3H3. The van der Waals surface area contributed by atoms with Crippen molar-refractivity contribution in [2.45, 2.75) is 31.9 Å². The van der Waals surface area contributed by atoms with Crippen LogP contribution in [0.15, 0.2) is 48.5 Å². The summed E-state index contributed by atoms with van der Waals surface area (Å²) < 4.78 is 46.5. The molecular formula is C27H33NO8S2. The third kappa shape index (κ3) is 8.71. The molecule has 0 saturated heterocycles. The summed E-state index contributed by atoms with van der Waals surface area (Å²) in [6.07, 6.45) is 1.23. The fourth-order valence-corrected chi connectivity index (χ4v) is 5.72. The lowest BCUT2D eigenvalue weighted by atomic mass is 10.2. The molecule has 0 atom stereocenters. The molecule has 206 valence electrons. The molecule has 0 N–H and O–H groups in total. The second kappa shape index (κ2) is 14.1. The Labute approximate surface area is 227 Å². The highest BCUT2D eigenvalue weighted by Crippen LogP contribution is 2.37. The number of carbonyl (C=O) groups excluding carboxylic acids is 2. The average Bonchev–Trinajstić information content (AvgIpc) is 3.31. The highest BCUT2D eigenvalue weighted by Gasteiger charge is 2.18. The van der Waals surface area contributed by atoms with Crippen LogP contribution in [0.2, 0.25) is 0 Å². The third-order valence-corrected chi connectivity index (χ3v) is 7.86. The molecule has 0 fully saturated rings. The van der Waals surface area contributed by atoms with Crippen LogP contribution in [0.5, 0.6) is 11.5 Å². The quantitative estimate of drug-likeness (QED) is 0.150. The lowest BCUT2D eigenvalue weighted by molar-refractivity contribution is -0.143. The normalized spacial score (nSPS) is 11.3. The molecular weight excluding hydrogens is 530 g/mol. The first kappa shape index (κ1) is 29.4. The molecule has 0 unspecified atom stereocenters. The molecule has 0 radical (unpaired) electrons. The van der Waals surface area contributed by atoms with Crippen molar-refractivity contribution < 1.29 is 36.4 Å². The first-order valence-electron chi connectivity index (χ1n) is 12.3. The first-order chi connectivity index (χ1) is 18.2. The Hall–Kier alpha value is -3.15. The van der Waals surface area contributed by atoms with Gasteiger partial charge < -0.3 is 19.1 Å². The van der Waals surface area contributed by atoms with Gasteiger partial charge in [0, 0.05) is 24.4 Å². The van der Waals surface area contributed by atoms with Crippen LogP contribution in [-0.2, 0) is 29.6 Å². The van der Waals surface area contributed by atoms with Crippen LogP contribution in [0.3, 0.4) is 0 Å². The van der Waals surface area contributed by atoms with Gasteiger partial charge in [0.25, 0.3) is 16.0 Å². The molecule has 3 aromatic rings. The maximum atomic E-state index is 12.8. The second-order valence-corrected chi connectivity index (χ2v) is 11.2. The smallest absolute Gasteiger partial charge is 0.307 e. The number of nitrogens with zero attached hydrogens (tertiary/aromatic N) is 1. The Kier molecular flexibility index (Phi) is 10.9. The van der Waals surface area contributed by atoms with E-state index in [4.69, 9.17) is 18.4 Å². The third-order valence-electron chi connectivity index (χ3n) is 5.56. The van der Waals surface area contributed by atoms with Gasteiger partial charge in [-0.1, -0.05) is 30.3 Å². The van der Waals surface area contributed by atoms with Crippen molar-refractivity contribution in [1.82, 2.24) is 4.90 Å². The van der Waals surface area contributed by atoms with Crippen LogP contribution >= 0.6 is 11.3 Å². The van der Waals surface area contributed by atoms with E-state index in [1.165, 1.54) is 16.2 Å². The Bertz CT molecular complexity index is 1320. The SMILES string of the molecule is CCOC(=O)CCN(C)C(=O)c1cc2cc(OCCCCOS(=O)(=O)Cc3ccccc3)c(OC)cc2s1. The molecule has 11 heteroatoms. The topological polar surface area (TPSA) is 108 Å². The van der Waals surface area contributed by atoms with E-state index in [1.807, 2.05) is 18.2 Å². The molecule has 2 aromatic carbocycles. The Morgan fingerprint density at radius 3 is 2.45 bits per heavy atom. The number of fused-ring (bicyclic) bond motifs is 1. The first-order valence-corrected chi connectivity index (χ1v) is 14.7. The lowest BCUT2D eigenvalue weighted by Crippen LogP contribution is -2.28. The number of rotatable bonds is 15. The van der Waals surface area contributed by atoms with Crippen LogP contribution in [0.1, 0.15) is 41.4 Å². The summed E-state index contributed by atoms with van der Waals surface area (Å²) in [4.78, 5) is 26.5. The molecule has 0 saturated carbocycles. The maximum Gasteiger partial charge on any atom is 0.307 e. The minimum Gasteiger partial charge on any atom is -0.493 e. The molecule has 0 aliphatic carbocycles. The molecule has 0 spiro atoms. The molecule has 9 nitrogen and oxygen atoms in total. The zero-order valence-corrected chi connectivity index (χ0v) is 23.4. The zero-order chi connectivity index (χ0) is 27.5. The van der Waals surface area contributed by atoms with Gasteiger partial charge in [0.15, 0.2) is 11.5 Å². The Morgan fingerprint density at radius 2 is 1.74 bits per heavy atom. The number of carbonyl (C=O) groups is 2. The van der Waals surface area contributed by atoms with E-state index in [0.29, 0.717) is 48.0 Å². The zero-order valence-electron chi connectivity index (χ0n) is 21.8. The number of amides is 1. The lowest BCUT2D eigenvalue weighted by Gasteiger charge is -2.15. The summed E-state index contributed by atoms with van der Waals surface area (Å²) in [7, 11) is -0.450. The number of unbranched alkanes of at least 4 members (excludes halogenated alkanes) is 1. The van der Waals surface area contributed by atoms with E-state index in [1.54, 1.807) is 51.4 Å². The summed E-state index contributed by atoms with van der Waals surface area (Å²) in [5.74, 6) is 0.392. The Morgan fingerprint density at radius 1 is 1.00 bits per heavy atom. The molecule has 38 heavy (non-hydrogen) atoms. The van der Waals surface area contributed by atoms with Gasteiger partial charge in [-0.05, 0) is 42.8 Å². The molecule has 3 rings (SSSR count). The molecule has 0 bridgehead atoms. The van der Waals surface area contributed by atoms with Crippen LogP contribution < -0.4 is 9.47 Å². The van der Waals surface area contributed by atoms with Gasteiger partial charge >= 0.3 is 5.97 Å². The maximum absolute atomic E-state index is 12.8. The number of hydrogen-bond acceptors (Lipinski definition) is 9. The minimum absolute atomic E-state index is 0.0778. The molecule has 1 heterocycles. The summed E-state index contributed by atoms with van der Waals surface area (Å²) in [6.45, 7) is 2.74. The van der Waals surface area contributed by atoms with Crippen LogP contribution in [-0.4, -0.2) is 65.7 Å². The van der Waals surface area contributed by atoms with E-state index in [2.05, 4.69) is 0 Å². The van der Waals surface area contributed by atoms with Crippen LogP contribution in [0.4, 0.5) is 0 Å². The summed E-state index contributed by atoms with van der Waals surface area (Å²) >= 11 is 1.34. The van der Waals surface area contributed by atoms with Gasteiger partial charge in [-0.3, -0.25) is 13.8 Å². The van der Waals surface area contributed by atoms with Crippen molar-refractivity contribution in [2.75, 3.05) is 40.5 Å². The van der Waals surface area contributed by atoms with Crippen molar-refractivity contribution in [3.8, 4) is 11.5 Å². The fourth-order valence-electron chi connectivity index (χ4n) is 3.60. The second-order valence-electron chi connectivity index (χ2n) is 8.50. The molecule has 0 aliphatic rings. The van der Waals surface area contributed by atoms with Crippen molar-refractivity contribution in [3.63, 3.8) is 0 Å². The largest absolute Gasteiger partial charge is 0.493 e. The van der Waals surface area contributed by atoms with Gasteiger partial charge in [0.05, 0.1) is 38.2 Å². The number of esters is 1. The van der Waals surface area contributed by atoms with E-state index in [9.17, 15) is 18.0 Å². The van der Waals surface area contributed by atoms with Gasteiger partial charge in [-0.15, -0.1) is 11.3 Å². The molecule has 0 aliphatic heterocycles. The highest BCUT2D eigenvalue weighted by molar-refractivity contribution is 7.85. The fraction of sp³-hybridized carbons (Fsp3) is 0.407. The van der Waals surface area contributed by atoms with E-state index >= 15 is 0 Å². The number of methoxy groups -OCH3 is 1. The number of hydrogen-bond donors (Lipinski definition) is 0. The summed E-state index contributed by atoms with van der Waals surface area (Å²) in [6, 6.07) is 14.3. The number of thiophene rings is 1. The van der Waals surface area contributed by atoms with Crippen molar-refractivity contribution in [2.24, 2.45) is 0 Å². The van der Waals surface area contributed by atoms with Crippen LogP contribution in [0.25, 0.3) is 10.1 Å². The number of ether oxygens (including phenoxy) is 3. The summed E-state index contributed by atoms with van der Waals surface area (Å²) in [5, 5.41) is 0.836. The van der Waals surface area contributed by atoms with Gasteiger partial charge in [0.2, 0.25) is 0 Å². The van der Waals surface area contributed by atoms with Crippen molar-refractivity contribution >= 4 is 43.4 Å². The van der Waals surface area contributed by atoms with E-state index < -0.39 is 10.1 Å². The predicted molar refractivity (Wildman–Crippen MR) is 146 cm³/mol. The minimum atomic E-state index is -3.64. The van der Waals surface area contributed by atoms with Gasteiger partial charge in [-0.25, -0.2) is 0 Å². The van der Waals surface area contributed by atoms with Crippen molar-refractivity contribution in [3.05, 3.63) is 59.0 Å². The van der Waals surface area contributed by atoms with Gasteiger partial charge in [0.1, 0.15) is 5.75 Å². The van der Waals surface area contributed by atoms with E-state index in [0.717, 1.165) is 10.1 Å². The average molecular weight is 564 g/mol. The Balaban J connectivity index is 1.51. The predicted octanol–water partition coefficient (Wildman–Crippen LogP) is 4.64. The monoisotopic (exact) mass is 563 g/mol.